The van der Waals surface area contributed by atoms with Crippen molar-refractivity contribution >= 4 is 0 Å². The highest BCUT2D eigenvalue weighted by molar-refractivity contribution is 5.48. The van der Waals surface area contributed by atoms with Crippen LogP contribution in [0.4, 0.5) is 0 Å². The fraction of sp³-hybridized carbons (Fsp3) is 0.943. The van der Waals surface area contributed by atoms with E-state index >= 15 is 0 Å². The van der Waals surface area contributed by atoms with Crippen LogP contribution in [0.1, 0.15) is 93.4 Å². The van der Waals surface area contributed by atoms with Gasteiger partial charge in [-0.3, -0.25) is 0 Å². The Morgan fingerprint density at radius 2 is 1.70 bits per heavy atom. The monoisotopic (exact) mass is 618 g/mol. The predicted octanol–water partition coefficient (Wildman–Crippen LogP) is 3.04. The fourth-order valence-corrected chi connectivity index (χ4v) is 13.1. The number of fused-ring (bicyclic) bond motifs is 4. The topological polar surface area (TPSA) is 138 Å². The molecule has 0 aromatic heterocycles. The minimum Gasteiger partial charge on any atom is -0.388 e. The molecule has 3 spiro atoms. The zero-order valence-electron chi connectivity index (χ0n) is 27.5. The molecule has 3 saturated heterocycles. The molecule has 5 N–H and O–H groups in total. The molecule has 8 aliphatic rings. The lowest BCUT2D eigenvalue weighted by Gasteiger charge is -2.60. The van der Waals surface area contributed by atoms with Crippen molar-refractivity contribution in [3.63, 3.8) is 0 Å². The summed E-state index contributed by atoms with van der Waals surface area (Å²) in [5.74, 6) is -0.431. The minimum atomic E-state index is -1.30. The van der Waals surface area contributed by atoms with E-state index in [2.05, 4.69) is 40.7 Å². The van der Waals surface area contributed by atoms with Crippen LogP contribution in [0.15, 0.2) is 11.6 Å². The summed E-state index contributed by atoms with van der Waals surface area (Å²) in [4.78, 5) is 0. The third-order valence-corrected chi connectivity index (χ3v) is 15.2. The average molecular weight is 619 g/mol. The summed E-state index contributed by atoms with van der Waals surface area (Å²) >= 11 is 0. The molecule has 4 saturated carbocycles. The Morgan fingerprint density at radius 3 is 2.41 bits per heavy atom. The third-order valence-electron chi connectivity index (χ3n) is 15.2. The second kappa shape index (κ2) is 8.88. The van der Waals surface area contributed by atoms with Crippen molar-refractivity contribution in [3.8, 4) is 0 Å². The van der Waals surface area contributed by atoms with Gasteiger partial charge in [0.25, 0.3) is 0 Å². The van der Waals surface area contributed by atoms with Crippen LogP contribution >= 0.6 is 0 Å². The van der Waals surface area contributed by atoms with E-state index in [0.29, 0.717) is 11.8 Å². The van der Waals surface area contributed by atoms with Crippen molar-refractivity contribution in [2.75, 3.05) is 6.61 Å². The molecule has 248 valence electrons. The van der Waals surface area contributed by atoms with Crippen molar-refractivity contribution in [1.82, 2.24) is 0 Å². The maximum absolute atomic E-state index is 12.6. The normalized spacial score (nSPS) is 60.4. The van der Waals surface area contributed by atoms with Crippen molar-refractivity contribution < 1.29 is 44.5 Å². The van der Waals surface area contributed by atoms with E-state index in [1.807, 2.05) is 0 Å². The number of aliphatic hydroxyl groups is 5. The van der Waals surface area contributed by atoms with Crippen LogP contribution in [0, 0.1) is 44.8 Å². The average Bonchev–Trinajstić information content (AvgIpc) is 3.45. The summed E-state index contributed by atoms with van der Waals surface area (Å²) in [7, 11) is 0. The lowest BCUT2D eigenvalue weighted by atomic mass is 9.44. The zero-order valence-corrected chi connectivity index (χ0v) is 27.5. The molecule has 8 rings (SSSR count). The smallest absolute Gasteiger partial charge is 0.199 e. The first-order chi connectivity index (χ1) is 20.4. The summed E-state index contributed by atoms with van der Waals surface area (Å²) in [6, 6.07) is 0. The van der Waals surface area contributed by atoms with Crippen molar-refractivity contribution in [1.29, 1.82) is 0 Å². The van der Waals surface area contributed by atoms with Crippen LogP contribution in [0.25, 0.3) is 0 Å². The van der Waals surface area contributed by atoms with Crippen molar-refractivity contribution in [2.24, 2.45) is 44.8 Å². The lowest BCUT2D eigenvalue weighted by molar-refractivity contribution is -0.300. The van der Waals surface area contributed by atoms with Crippen LogP contribution in [-0.2, 0) is 18.9 Å². The Morgan fingerprint density at radius 1 is 0.977 bits per heavy atom. The Bertz CT molecular complexity index is 1260. The van der Waals surface area contributed by atoms with Gasteiger partial charge in [0.15, 0.2) is 12.1 Å². The quantitative estimate of drug-likeness (QED) is 0.302. The van der Waals surface area contributed by atoms with E-state index in [4.69, 9.17) is 18.9 Å². The number of hydrogen-bond donors (Lipinski definition) is 5. The first-order valence-corrected chi connectivity index (χ1v) is 17.2. The molecule has 44 heavy (non-hydrogen) atoms. The van der Waals surface area contributed by atoms with Gasteiger partial charge in [0.05, 0.1) is 24.4 Å². The molecule has 7 fully saturated rings. The first kappa shape index (κ1) is 30.7. The van der Waals surface area contributed by atoms with Crippen LogP contribution in [0.3, 0.4) is 0 Å². The largest absolute Gasteiger partial charge is 0.388 e. The molecular weight excluding hydrogens is 564 g/mol. The summed E-state index contributed by atoms with van der Waals surface area (Å²) in [5, 5.41) is 54.4. The minimum absolute atomic E-state index is 0.0234. The SMILES string of the molecule is C[C@@H]1C[C@H]2O[C@]3(O[C@@H]2C(C)(C)O)[C@H]1[C@@]1(C)CC[C@@]24C[C@@]25CC[C@H](O[C@@H]2OC[C@@H](O)[C@H](O)[C@H]2O)C(C)(C)[C@H]5CC=C4[C@]1(C)[C@H]3O. The van der Waals surface area contributed by atoms with Gasteiger partial charge in [-0.25, -0.2) is 0 Å². The van der Waals surface area contributed by atoms with E-state index < -0.39 is 53.6 Å². The second-order valence-electron chi connectivity index (χ2n) is 17.8. The lowest BCUT2D eigenvalue weighted by Crippen LogP contribution is -2.58. The molecule has 0 aromatic rings. The van der Waals surface area contributed by atoms with Gasteiger partial charge >= 0.3 is 0 Å². The standard InChI is InChI=1S/C35H54O9/c1-17-14-19-26(30(4,5)40)44-35(43-19)25(17)31(6)12-13-34-16-33(34)11-10-22(42-27-24(38)23(37)18(36)15-41-27)29(2,3)20(33)8-9-21(34)32(31,7)28(35)39/h9,17-20,22-28,36-40H,8,10-16H2,1-7H3/t17-,18-,19-,20-,22+,23+,24-,25-,26+,27+,28-,31-,32-,33-,34+,35+/m1/s1. The van der Waals surface area contributed by atoms with Gasteiger partial charge in [-0.15, -0.1) is 0 Å². The molecule has 3 heterocycles. The highest BCUT2D eigenvalue weighted by Gasteiger charge is 2.86. The van der Waals surface area contributed by atoms with Crippen LogP contribution in [-0.4, -0.2) is 92.5 Å². The van der Waals surface area contributed by atoms with Crippen molar-refractivity contribution in [2.45, 2.75) is 154 Å². The van der Waals surface area contributed by atoms with E-state index in [0.717, 1.165) is 44.9 Å². The van der Waals surface area contributed by atoms with Crippen LogP contribution in [0.5, 0.6) is 0 Å². The molecule has 3 aliphatic heterocycles. The van der Waals surface area contributed by atoms with Crippen LogP contribution < -0.4 is 0 Å². The molecule has 0 radical (unpaired) electrons. The predicted molar refractivity (Wildman–Crippen MR) is 159 cm³/mol. The Balaban J connectivity index is 1.13. The number of aliphatic hydroxyl groups excluding tert-OH is 4. The van der Waals surface area contributed by atoms with Gasteiger partial charge in [0.2, 0.25) is 0 Å². The highest BCUT2D eigenvalue weighted by atomic mass is 16.8. The van der Waals surface area contributed by atoms with E-state index in [9.17, 15) is 25.5 Å². The molecule has 5 aliphatic carbocycles. The maximum Gasteiger partial charge on any atom is 0.199 e. The van der Waals surface area contributed by atoms with Crippen molar-refractivity contribution in [3.05, 3.63) is 11.6 Å². The molecule has 16 atom stereocenters. The van der Waals surface area contributed by atoms with Gasteiger partial charge in [0, 0.05) is 11.3 Å². The Labute approximate surface area is 261 Å². The van der Waals surface area contributed by atoms with Gasteiger partial charge < -0.3 is 44.5 Å². The van der Waals surface area contributed by atoms with Gasteiger partial charge in [-0.1, -0.05) is 46.3 Å². The van der Waals surface area contributed by atoms with Gasteiger partial charge in [-0.05, 0) is 92.3 Å². The Hall–Kier alpha value is -0.620. The summed E-state index contributed by atoms with van der Waals surface area (Å²) in [6.07, 6.45) is 2.81. The molecule has 2 bridgehead atoms. The van der Waals surface area contributed by atoms with E-state index in [1.165, 1.54) is 5.57 Å². The number of hydrogen-bond acceptors (Lipinski definition) is 9. The van der Waals surface area contributed by atoms with Crippen LogP contribution in [0.2, 0.25) is 0 Å². The molecule has 9 heteroatoms. The molecule has 0 amide bonds. The fourth-order valence-electron chi connectivity index (χ4n) is 13.1. The highest BCUT2D eigenvalue weighted by Crippen LogP contribution is 2.89. The maximum atomic E-state index is 12.6. The molecule has 9 nitrogen and oxygen atoms in total. The van der Waals surface area contributed by atoms with Gasteiger partial charge in [-0.2, -0.15) is 0 Å². The molecule has 0 unspecified atom stereocenters. The zero-order chi connectivity index (χ0) is 31.6. The first-order valence-electron chi connectivity index (χ1n) is 17.2. The second-order valence-corrected chi connectivity index (χ2v) is 17.8. The summed E-state index contributed by atoms with van der Waals surface area (Å²) in [6.45, 7) is 15.0. The Kier molecular flexibility index (Phi) is 6.20. The number of allylic oxidation sites excluding steroid dienone is 1. The third kappa shape index (κ3) is 3.33. The van der Waals surface area contributed by atoms with E-state index in [1.54, 1.807) is 13.8 Å². The number of ether oxygens (including phenoxy) is 4. The molecule has 0 aromatic carbocycles. The van der Waals surface area contributed by atoms with E-state index in [-0.39, 0.29) is 46.4 Å². The van der Waals surface area contributed by atoms with Gasteiger partial charge in [0.1, 0.15) is 30.5 Å². The number of rotatable bonds is 3. The molecular formula is C35H54O9. The summed E-state index contributed by atoms with van der Waals surface area (Å²) < 4.78 is 25.7. The summed E-state index contributed by atoms with van der Waals surface area (Å²) in [5.41, 5.74) is -0.456.